The number of aromatic nitrogens is 1. The van der Waals surface area contributed by atoms with Gasteiger partial charge in [-0.25, -0.2) is 9.18 Å². The van der Waals surface area contributed by atoms with Crippen molar-refractivity contribution in [2.75, 3.05) is 0 Å². The molecule has 0 atom stereocenters. The second kappa shape index (κ2) is 5.11. The van der Waals surface area contributed by atoms with Crippen LogP contribution in [-0.4, -0.2) is 15.6 Å². The van der Waals surface area contributed by atoms with Crippen LogP contribution in [0.5, 0.6) is 0 Å². The highest BCUT2D eigenvalue weighted by molar-refractivity contribution is 5.87. The van der Waals surface area contributed by atoms with Crippen molar-refractivity contribution in [3.63, 3.8) is 0 Å². The summed E-state index contributed by atoms with van der Waals surface area (Å²) < 4.78 is 14.1. The van der Waals surface area contributed by atoms with E-state index in [-0.39, 0.29) is 22.9 Å². The lowest BCUT2D eigenvalue weighted by Crippen LogP contribution is -2.28. The first-order valence-corrected chi connectivity index (χ1v) is 6.72. The van der Waals surface area contributed by atoms with Crippen molar-refractivity contribution in [2.24, 2.45) is 0 Å². The van der Waals surface area contributed by atoms with Gasteiger partial charge in [0.25, 0.3) is 5.56 Å². The lowest BCUT2D eigenvalue weighted by molar-refractivity contribution is 0.0694. The second-order valence-electron chi connectivity index (χ2n) is 5.17. The molecule has 1 aliphatic rings. The molecule has 3 rings (SSSR count). The summed E-state index contributed by atoms with van der Waals surface area (Å²) in [5.41, 5.74) is -0.230. The van der Waals surface area contributed by atoms with E-state index in [4.69, 9.17) is 0 Å². The molecule has 0 amide bonds. The number of halogens is 1. The fourth-order valence-electron chi connectivity index (χ4n) is 2.45. The number of nitrogens with zero attached hydrogens (tertiary/aromatic N) is 2. The van der Waals surface area contributed by atoms with Gasteiger partial charge in [-0.3, -0.25) is 9.36 Å². The Balaban J connectivity index is 2.35. The Labute approximate surface area is 124 Å². The zero-order chi connectivity index (χ0) is 15.9. The van der Waals surface area contributed by atoms with Crippen molar-refractivity contribution in [3.8, 4) is 11.8 Å². The maximum Gasteiger partial charge on any atom is 0.341 e. The smallest absolute Gasteiger partial charge is 0.341 e. The predicted molar refractivity (Wildman–Crippen MR) is 75.6 cm³/mol. The van der Waals surface area contributed by atoms with Gasteiger partial charge < -0.3 is 5.11 Å². The molecule has 0 saturated heterocycles. The first kappa shape index (κ1) is 14.0. The van der Waals surface area contributed by atoms with Crippen LogP contribution in [0.2, 0.25) is 0 Å². The SMILES string of the molecule is N#Cc1c(C2CC2)cc(C(=O)O)c(=O)n1-c1ccc(F)cc1. The highest BCUT2D eigenvalue weighted by Gasteiger charge is 2.30. The van der Waals surface area contributed by atoms with Crippen molar-refractivity contribution in [3.05, 3.63) is 63.3 Å². The Morgan fingerprint density at radius 3 is 2.45 bits per heavy atom. The molecule has 1 aliphatic carbocycles. The first-order chi connectivity index (χ1) is 10.5. The van der Waals surface area contributed by atoms with Crippen molar-refractivity contribution in [1.82, 2.24) is 4.57 Å². The number of pyridine rings is 1. The molecule has 22 heavy (non-hydrogen) atoms. The molecular formula is C16H11FN2O3. The van der Waals surface area contributed by atoms with Gasteiger partial charge in [-0.05, 0) is 54.7 Å². The highest BCUT2D eigenvalue weighted by atomic mass is 19.1. The molecule has 1 saturated carbocycles. The average Bonchev–Trinajstić information content (AvgIpc) is 3.32. The van der Waals surface area contributed by atoms with Crippen molar-refractivity contribution >= 4 is 5.97 Å². The fourth-order valence-corrected chi connectivity index (χ4v) is 2.45. The number of aromatic carboxylic acids is 1. The summed E-state index contributed by atoms with van der Waals surface area (Å²) >= 11 is 0. The van der Waals surface area contributed by atoms with Crippen molar-refractivity contribution in [2.45, 2.75) is 18.8 Å². The lowest BCUT2D eigenvalue weighted by Gasteiger charge is -2.13. The Kier molecular flexibility index (Phi) is 3.26. The van der Waals surface area contributed by atoms with E-state index in [1.807, 2.05) is 6.07 Å². The molecule has 0 unspecified atom stereocenters. The van der Waals surface area contributed by atoms with E-state index in [0.29, 0.717) is 5.56 Å². The molecular weight excluding hydrogens is 287 g/mol. The van der Waals surface area contributed by atoms with E-state index >= 15 is 0 Å². The van der Waals surface area contributed by atoms with Gasteiger partial charge in [0, 0.05) is 0 Å². The summed E-state index contributed by atoms with van der Waals surface area (Å²) in [6, 6.07) is 8.29. The van der Waals surface area contributed by atoms with Gasteiger partial charge in [-0.2, -0.15) is 5.26 Å². The monoisotopic (exact) mass is 298 g/mol. The number of carboxylic acid groups (broad SMARTS) is 1. The van der Waals surface area contributed by atoms with Gasteiger partial charge in [-0.1, -0.05) is 0 Å². The number of nitriles is 1. The van der Waals surface area contributed by atoms with Crippen LogP contribution in [0.4, 0.5) is 4.39 Å². The van der Waals surface area contributed by atoms with E-state index in [1.54, 1.807) is 0 Å². The molecule has 6 heteroatoms. The largest absolute Gasteiger partial charge is 0.477 e. The molecule has 1 aromatic carbocycles. The Morgan fingerprint density at radius 1 is 1.32 bits per heavy atom. The quantitative estimate of drug-likeness (QED) is 0.943. The third kappa shape index (κ3) is 2.27. The summed E-state index contributed by atoms with van der Waals surface area (Å²) in [7, 11) is 0. The molecule has 110 valence electrons. The molecule has 2 aromatic rings. The van der Waals surface area contributed by atoms with Crippen LogP contribution in [0.15, 0.2) is 35.1 Å². The minimum Gasteiger partial charge on any atom is -0.477 e. The van der Waals surface area contributed by atoms with E-state index in [2.05, 4.69) is 0 Å². The molecule has 0 spiro atoms. The molecule has 0 radical (unpaired) electrons. The summed E-state index contributed by atoms with van der Waals surface area (Å²) in [4.78, 5) is 23.7. The van der Waals surface area contributed by atoms with Crippen LogP contribution >= 0.6 is 0 Å². The number of rotatable bonds is 3. The minimum absolute atomic E-state index is 0.0973. The van der Waals surface area contributed by atoms with Crippen LogP contribution in [0.1, 0.15) is 40.4 Å². The molecule has 1 N–H and O–H groups in total. The zero-order valence-corrected chi connectivity index (χ0v) is 11.4. The summed E-state index contributed by atoms with van der Waals surface area (Å²) in [6.07, 6.45) is 1.71. The standard InChI is InChI=1S/C16H11FN2O3/c17-10-3-5-11(6-4-10)19-14(8-18)12(9-1-2-9)7-13(15(19)20)16(21)22/h3-7,9H,1-2H2,(H,21,22). The molecule has 0 bridgehead atoms. The van der Waals surface area contributed by atoms with Gasteiger partial charge in [-0.15, -0.1) is 0 Å². The van der Waals surface area contributed by atoms with Crippen LogP contribution in [0.3, 0.4) is 0 Å². The Morgan fingerprint density at radius 2 is 1.95 bits per heavy atom. The van der Waals surface area contributed by atoms with E-state index in [0.717, 1.165) is 29.5 Å². The van der Waals surface area contributed by atoms with Gasteiger partial charge in [0.15, 0.2) is 0 Å². The van der Waals surface area contributed by atoms with E-state index < -0.39 is 17.3 Å². The van der Waals surface area contributed by atoms with Crippen molar-refractivity contribution in [1.29, 1.82) is 5.26 Å². The highest BCUT2D eigenvalue weighted by Crippen LogP contribution is 2.41. The molecule has 0 aliphatic heterocycles. The van der Waals surface area contributed by atoms with Gasteiger partial charge in [0.2, 0.25) is 0 Å². The molecule has 1 fully saturated rings. The number of benzene rings is 1. The fraction of sp³-hybridized carbons (Fsp3) is 0.188. The molecule has 1 aromatic heterocycles. The third-order valence-corrected chi connectivity index (χ3v) is 3.67. The minimum atomic E-state index is -1.34. The maximum atomic E-state index is 13.1. The van der Waals surface area contributed by atoms with Crippen LogP contribution in [-0.2, 0) is 0 Å². The number of carboxylic acids is 1. The number of carbonyl (C=O) groups is 1. The van der Waals surface area contributed by atoms with E-state index in [9.17, 15) is 24.3 Å². The Hall–Kier alpha value is -2.94. The number of hydrogen-bond donors (Lipinski definition) is 1. The maximum absolute atomic E-state index is 13.1. The first-order valence-electron chi connectivity index (χ1n) is 6.72. The predicted octanol–water partition coefficient (Wildman–Crippen LogP) is 2.42. The Bertz CT molecular complexity index is 859. The van der Waals surface area contributed by atoms with E-state index in [1.165, 1.54) is 18.2 Å². The molecule has 1 heterocycles. The van der Waals surface area contributed by atoms with Crippen LogP contribution in [0.25, 0.3) is 5.69 Å². The molecule has 5 nitrogen and oxygen atoms in total. The van der Waals surface area contributed by atoms with Crippen molar-refractivity contribution < 1.29 is 14.3 Å². The van der Waals surface area contributed by atoms with Crippen LogP contribution in [0, 0.1) is 17.1 Å². The van der Waals surface area contributed by atoms with Gasteiger partial charge >= 0.3 is 5.97 Å². The average molecular weight is 298 g/mol. The second-order valence-corrected chi connectivity index (χ2v) is 5.17. The van der Waals surface area contributed by atoms with Gasteiger partial charge in [0.1, 0.15) is 23.1 Å². The summed E-state index contributed by atoms with van der Waals surface area (Å²) in [5.74, 6) is -1.72. The third-order valence-electron chi connectivity index (χ3n) is 3.67. The normalized spacial score (nSPS) is 13.6. The summed E-state index contributed by atoms with van der Waals surface area (Å²) in [5, 5.41) is 18.6. The van der Waals surface area contributed by atoms with Gasteiger partial charge in [0.05, 0.1) is 5.69 Å². The van der Waals surface area contributed by atoms with Crippen LogP contribution < -0.4 is 5.56 Å². The zero-order valence-electron chi connectivity index (χ0n) is 11.4. The topological polar surface area (TPSA) is 83.1 Å². The lowest BCUT2D eigenvalue weighted by atomic mass is 10.1. The number of hydrogen-bond acceptors (Lipinski definition) is 3. The summed E-state index contributed by atoms with van der Waals surface area (Å²) in [6.45, 7) is 0.